The van der Waals surface area contributed by atoms with E-state index in [0.717, 1.165) is 11.6 Å². The lowest BCUT2D eigenvalue weighted by Gasteiger charge is -1.94. The molecule has 0 fully saturated rings. The molecule has 0 aromatic carbocycles. The number of H-pyrrole nitrogens is 1. The third kappa shape index (κ3) is 3.58. The summed E-state index contributed by atoms with van der Waals surface area (Å²) >= 11 is 0. The van der Waals surface area contributed by atoms with Crippen molar-refractivity contribution < 1.29 is 0 Å². The number of hydrogen-bond acceptors (Lipinski definition) is 2. The Labute approximate surface area is 91.4 Å². The highest BCUT2D eigenvalue weighted by molar-refractivity contribution is 5.42. The topological polar surface area (TPSA) is 46.5 Å². The molecule has 2 rings (SSSR count). The second-order valence-corrected chi connectivity index (χ2v) is 2.30. The van der Waals surface area contributed by atoms with Gasteiger partial charge in [0.15, 0.2) is 11.6 Å². The molecule has 0 aliphatic carbocycles. The highest BCUT2D eigenvalue weighted by Crippen LogP contribution is 2.08. The second kappa shape index (κ2) is 7.79. The van der Waals surface area contributed by atoms with E-state index in [9.17, 15) is 0 Å². The van der Waals surface area contributed by atoms with Crippen LogP contribution in [0.4, 0.5) is 0 Å². The average Bonchev–Trinajstić information content (AvgIpc) is 2.94. The average molecular weight is 208 g/mol. The summed E-state index contributed by atoms with van der Waals surface area (Å²) in [6.45, 7) is 8.00. The van der Waals surface area contributed by atoms with Gasteiger partial charge >= 0.3 is 0 Å². The Kier molecular flexibility index (Phi) is 6.97. The molecule has 2 heterocycles. The second-order valence-electron chi connectivity index (χ2n) is 2.30. The molecule has 0 unspecified atom stereocenters. The first kappa shape index (κ1) is 13.4. The van der Waals surface area contributed by atoms with Gasteiger partial charge in [0, 0.05) is 31.8 Å². The van der Waals surface area contributed by atoms with Crippen LogP contribution in [0.25, 0.3) is 11.6 Å². The summed E-state index contributed by atoms with van der Waals surface area (Å²) in [5, 5.41) is 0. The summed E-state index contributed by atoms with van der Waals surface area (Å²) in [6, 6.07) is 0. The smallest absolute Gasteiger partial charge is 0.175 e. The Bertz CT molecular complexity index is 335. The van der Waals surface area contributed by atoms with E-state index in [-0.39, 0.29) is 0 Å². The standard InChI is InChI=1S/C7H8N4.2C2H6/c1-11-5-4-10-7(11)6-8-2-3-9-6;2*1-2/h2-5H,1H3,(H,8,9);2*1-2H3. The molecule has 2 aromatic rings. The van der Waals surface area contributed by atoms with E-state index in [1.807, 2.05) is 45.5 Å². The molecule has 0 saturated carbocycles. The molecule has 0 saturated heterocycles. The molecule has 4 heteroatoms. The maximum Gasteiger partial charge on any atom is 0.175 e. The first-order chi connectivity index (χ1) is 7.38. The monoisotopic (exact) mass is 208 g/mol. The largest absolute Gasteiger partial charge is 0.342 e. The van der Waals surface area contributed by atoms with Gasteiger partial charge in [0.25, 0.3) is 0 Å². The zero-order valence-electron chi connectivity index (χ0n) is 10.2. The van der Waals surface area contributed by atoms with Crippen LogP contribution in [-0.2, 0) is 7.05 Å². The van der Waals surface area contributed by atoms with E-state index in [0.29, 0.717) is 0 Å². The molecule has 0 atom stereocenters. The van der Waals surface area contributed by atoms with Crippen molar-refractivity contribution in [2.75, 3.05) is 0 Å². The molecule has 0 amide bonds. The number of hydrogen-bond donors (Lipinski definition) is 1. The van der Waals surface area contributed by atoms with Crippen molar-refractivity contribution in [3.63, 3.8) is 0 Å². The van der Waals surface area contributed by atoms with Crippen LogP contribution >= 0.6 is 0 Å². The zero-order valence-corrected chi connectivity index (χ0v) is 10.2. The number of nitrogens with one attached hydrogen (secondary N) is 1. The normalized spacial score (nSPS) is 8.33. The molecule has 0 radical (unpaired) electrons. The minimum atomic E-state index is 0.803. The van der Waals surface area contributed by atoms with E-state index >= 15 is 0 Å². The minimum absolute atomic E-state index is 0.803. The molecular weight excluding hydrogens is 188 g/mol. The van der Waals surface area contributed by atoms with Gasteiger partial charge in [0.2, 0.25) is 0 Å². The van der Waals surface area contributed by atoms with Crippen molar-refractivity contribution >= 4 is 0 Å². The number of imidazole rings is 2. The number of aromatic nitrogens is 4. The van der Waals surface area contributed by atoms with E-state index in [1.54, 1.807) is 18.6 Å². The van der Waals surface area contributed by atoms with Gasteiger partial charge in [-0.25, -0.2) is 9.97 Å². The molecule has 84 valence electrons. The van der Waals surface area contributed by atoms with Crippen LogP contribution in [-0.4, -0.2) is 19.5 Å². The first-order valence-corrected chi connectivity index (χ1v) is 5.35. The van der Waals surface area contributed by atoms with Crippen LogP contribution < -0.4 is 0 Å². The predicted octanol–water partition coefficient (Wildman–Crippen LogP) is 2.86. The summed E-state index contributed by atoms with van der Waals surface area (Å²) in [5.74, 6) is 1.66. The fraction of sp³-hybridized carbons (Fsp3) is 0.455. The lowest BCUT2D eigenvalue weighted by molar-refractivity contribution is 0.912. The van der Waals surface area contributed by atoms with Crippen LogP contribution in [0.15, 0.2) is 24.8 Å². The molecule has 0 spiro atoms. The van der Waals surface area contributed by atoms with E-state index in [4.69, 9.17) is 0 Å². The number of aromatic amines is 1. The fourth-order valence-electron chi connectivity index (χ4n) is 0.981. The molecular formula is C11H20N4. The van der Waals surface area contributed by atoms with Crippen molar-refractivity contribution in [2.24, 2.45) is 7.05 Å². The Morgan fingerprint density at radius 3 is 2.13 bits per heavy atom. The summed E-state index contributed by atoms with van der Waals surface area (Å²) in [7, 11) is 1.94. The van der Waals surface area contributed by atoms with Gasteiger partial charge in [-0.2, -0.15) is 0 Å². The summed E-state index contributed by atoms with van der Waals surface area (Å²) in [6.07, 6.45) is 7.13. The predicted molar refractivity (Wildman–Crippen MR) is 63.5 cm³/mol. The zero-order chi connectivity index (χ0) is 11.7. The number of nitrogens with zero attached hydrogens (tertiary/aromatic N) is 3. The molecule has 15 heavy (non-hydrogen) atoms. The number of rotatable bonds is 1. The third-order valence-electron chi connectivity index (χ3n) is 1.53. The lowest BCUT2D eigenvalue weighted by atomic mass is 10.6. The van der Waals surface area contributed by atoms with E-state index < -0.39 is 0 Å². The van der Waals surface area contributed by atoms with Gasteiger partial charge in [0.05, 0.1) is 0 Å². The van der Waals surface area contributed by atoms with Crippen molar-refractivity contribution in [3.05, 3.63) is 24.8 Å². The first-order valence-electron chi connectivity index (χ1n) is 5.35. The molecule has 1 N–H and O–H groups in total. The molecule has 0 aliphatic heterocycles. The van der Waals surface area contributed by atoms with Crippen molar-refractivity contribution in [1.82, 2.24) is 19.5 Å². The highest BCUT2D eigenvalue weighted by Gasteiger charge is 2.02. The van der Waals surface area contributed by atoms with Crippen LogP contribution in [0.1, 0.15) is 27.7 Å². The van der Waals surface area contributed by atoms with Crippen LogP contribution in [0, 0.1) is 0 Å². The highest BCUT2D eigenvalue weighted by atomic mass is 15.1. The van der Waals surface area contributed by atoms with Crippen LogP contribution in [0.3, 0.4) is 0 Å². The minimum Gasteiger partial charge on any atom is -0.342 e. The summed E-state index contributed by atoms with van der Waals surface area (Å²) in [5.41, 5.74) is 0. The van der Waals surface area contributed by atoms with Crippen LogP contribution in [0.2, 0.25) is 0 Å². The quantitative estimate of drug-likeness (QED) is 0.783. The Morgan fingerprint density at radius 2 is 1.73 bits per heavy atom. The molecule has 4 nitrogen and oxygen atoms in total. The fourth-order valence-corrected chi connectivity index (χ4v) is 0.981. The summed E-state index contributed by atoms with van der Waals surface area (Å²) < 4.78 is 1.92. The molecule has 0 bridgehead atoms. The van der Waals surface area contributed by atoms with Crippen molar-refractivity contribution in [2.45, 2.75) is 27.7 Å². The van der Waals surface area contributed by atoms with Gasteiger partial charge in [-0.15, -0.1) is 0 Å². The van der Waals surface area contributed by atoms with E-state index in [2.05, 4.69) is 15.0 Å². The van der Waals surface area contributed by atoms with Crippen LogP contribution in [0.5, 0.6) is 0 Å². The number of aryl methyl sites for hydroxylation is 1. The Hall–Kier alpha value is -1.58. The summed E-state index contributed by atoms with van der Waals surface area (Å²) in [4.78, 5) is 11.2. The molecule has 2 aromatic heterocycles. The Balaban J connectivity index is 0.000000442. The molecule has 0 aliphatic rings. The SMILES string of the molecule is CC.CC.Cn1ccnc1-c1ncc[nH]1. The van der Waals surface area contributed by atoms with E-state index in [1.165, 1.54) is 0 Å². The van der Waals surface area contributed by atoms with Gasteiger partial charge in [-0.05, 0) is 0 Å². The van der Waals surface area contributed by atoms with Gasteiger partial charge in [-0.1, -0.05) is 27.7 Å². The maximum absolute atomic E-state index is 4.13. The maximum atomic E-state index is 4.13. The van der Waals surface area contributed by atoms with Gasteiger partial charge < -0.3 is 9.55 Å². The van der Waals surface area contributed by atoms with Crippen molar-refractivity contribution in [1.29, 1.82) is 0 Å². The lowest BCUT2D eigenvalue weighted by Crippen LogP contribution is -1.92. The van der Waals surface area contributed by atoms with Crippen molar-refractivity contribution in [3.8, 4) is 11.6 Å². The van der Waals surface area contributed by atoms with Gasteiger partial charge in [-0.3, -0.25) is 0 Å². The van der Waals surface area contributed by atoms with Gasteiger partial charge in [0.1, 0.15) is 0 Å². The Morgan fingerprint density at radius 1 is 1.07 bits per heavy atom. The third-order valence-corrected chi connectivity index (χ3v) is 1.53.